The third kappa shape index (κ3) is 4.28. The van der Waals surface area contributed by atoms with Gasteiger partial charge in [-0.05, 0) is 57.0 Å². The molecule has 0 atom stereocenters. The molecule has 2 aliphatic rings. The molecule has 9 heteroatoms. The third-order valence-corrected chi connectivity index (χ3v) is 7.49. The second-order valence-electron chi connectivity index (χ2n) is 8.90. The lowest BCUT2D eigenvalue weighted by Crippen LogP contribution is -2.43. The van der Waals surface area contributed by atoms with Crippen LogP contribution >= 0.6 is 11.3 Å². The number of hydrogen-bond acceptors (Lipinski definition) is 6. The SMILES string of the molecule is O=C(Cc1cc2nc(-c3cncs3)ccc2cn1)C1CCN(CC2(C(F)(F)F)CC2)CC1. The minimum Gasteiger partial charge on any atom is -0.302 e. The monoisotopic (exact) mass is 460 g/mol. The van der Waals surface area contributed by atoms with E-state index in [-0.39, 0.29) is 37.5 Å². The molecule has 0 radical (unpaired) electrons. The van der Waals surface area contributed by atoms with Gasteiger partial charge >= 0.3 is 6.18 Å². The smallest absolute Gasteiger partial charge is 0.302 e. The van der Waals surface area contributed by atoms with E-state index < -0.39 is 11.6 Å². The zero-order valence-corrected chi connectivity index (χ0v) is 18.3. The zero-order chi connectivity index (χ0) is 22.3. The van der Waals surface area contributed by atoms with E-state index in [0.717, 1.165) is 21.5 Å². The molecule has 0 aromatic carbocycles. The number of nitrogens with zero attached hydrogens (tertiary/aromatic N) is 4. The van der Waals surface area contributed by atoms with E-state index in [4.69, 9.17) is 0 Å². The van der Waals surface area contributed by atoms with Gasteiger partial charge in [-0.3, -0.25) is 14.8 Å². The highest BCUT2D eigenvalue weighted by atomic mass is 32.1. The van der Waals surface area contributed by atoms with Crippen LogP contribution in [0.3, 0.4) is 0 Å². The van der Waals surface area contributed by atoms with Crippen molar-refractivity contribution in [3.8, 4) is 10.6 Å². The maximum atomic E-state index is 13.2. The van der Waals surface area contributed by atoms with Crippen LogP contribution in [0.25, 0.3) is 21.5 Å². The molecule has 5 nitrogen and oxygen atoms in total. The molecule has 1 aliphatic heterocycles. The molecular formula is C23H23F3N4OS. The molecule has 3 aromatic heterocycles. The van der Waals surface area contributed by atoms with Gasteiger partial charge in [0.2, 0.25) is 0 Å². The summed E-state index contributed by atoms with van der Waals surface area (Å²) in [6, 6.07) is 5.74. The Kier molecular flexibility index (Phi) is 5.49. The van der Waals surface area contributed by atoms with Crippen LogP contribution in [0.4, 0.5) is 13.2 Å². The van der Waals surface area contributed by atoms with E-state index in [9.17, 15) is 18.0 Å². The summed E-state index contributed by atoms with van der Waals surface area (Å²) in [6.45, 7) is 1.15. The molecule has 0 unspecified atom stereocenters. The number of piperidine rings is 1. The first kappa shape index (κ1) is 21.5. The van der Waals surface area contributed by atoms with Crippen molar-refractivity contribution in [1.29, 1.82) is 0 Å². The molecule has 1 aliphatic carbocycles. The topological polar surface area (TPSA) is 59.0 Å². The lowest BCUT2D eigenvalue weighted by Gasteiger charge is -2.34. The highest BCUT2D eigenvalue weighted by Crippen LogP contribution is 2.58. The Labute approximate surface area is 187 Å². The fourth-order valence-electron chi connectivity index (χ4n) is 4.48. The zero-order valence-electron chi connectivity index (χ0n) is 17.4. The molecule has 1 saturated heterocycles. The van der Waals surface area contributed by atoms with Crippen LogP contribution in [0.5, 0.6) is 0 Å². The number of likely N-dealkylation sites (tertiary alicyclic amines) is 1. The van der Waals surface area contributed by atoms with Gasteiger partial charge in [-0.1, -0.05) is 0 Å². The quantitative estimate of drug-likeness (QED) is 0.523. The summed E-state index contributed by atoms with van der Waals surface area (Å²) < 4.78 is 39.7. The number of carbonyl (C=O) groups is 1. The van der Waals surface area contributed by atoms with Crippen molar-refractivity contribution < 1.29 is 18.0 Å². The molecule has 0 spiro atoms. The lowest BCUT2D eigenvalue weighted by atomic mass is 9.89. The molecule has 4 heterocycles. The van der Waals surface area contributed by atoms with Gasteiger partial charge in [0.15, 0.2) is 0 Å². The summed E-state index contributed by atoms with van der Waals surface area (Å²) in [4.78, 5) is 28.9. The largest absolute Gasteiger partial charge is 0.395 e. The number of fused-ring (bicyclic) bond motifs is 1. The van der Waals surface area contributed by atoms with Crippen LogP contribution < -0.4 is 0 Å². The molecule has 1 saturated carbocycles. The molecule has 32 heavy (non-hydrogen) atoms. The summed E-state index contributed by atoms with van der Waals surface area (Å²) in [7, 11) is 0. The Hall–Kier alpha value is -2.39. The van der Waals surface area contributed by atoms with Crippen LogP contribution in [0.1, 0.15) is 31.4 Å². The van der Waals surface area contributed by atoms with Crippen LogP contribution in [-0.2, 0) is 11.2 Å². The van der Waals surface area contributed by atoms with Gasteiger partial charge in [-0.25, -0.2) is 4.98 Å². The summed E-state index contributed by atoms with van der Waals surface area (Å²) in [5.41, 5.74) is 2.54. The molecule has 3 aromatic rings. The molecule has 0 N–H and O–H groups in total. The first-order chi connectivity index (χ1) is 15.3. The second kappa shape index (κ2) is 8.19. The van der Waals surface area contributed by atoms with Crippen molar-refractivity contribution in [2.75, 3.05) is 19.6 Å². The van der Waals surface area contributed by atoms with Gasteiger partial charge < -0.3 is 4.90 Å². The molecule has 2 fully saturated rings. The number of rotatable bonds is 6. The average Bonchev–Trinajstić information content (AvgIpc) is 3.36. The lowest BCUT2D eigenvalue weighted by molar-refractivity contribution is -0.192. The van der Waals surface area contributed by atoms with Crippen molar-refractivity contribution in [3.05, 3.63) is 41.8 Å². The van der Waals surface area contributed by atoms with Crippen molar-refractivity contribution in [3.63, 3.8) is 0 Å². The number of halogens is 3. The van der Waals surface area contributed by atoms with Crippen molar-refractivity contribution in [1.82, 2.24) is 19.9 Å². The number of pyridine rings is 2. The van der Waals surface area contributed by atoms with Gasteiger partial charge in [-0.2, -0.15) is 13.2 Å². The van der Waals surface area contributed by atoms with Crippen molar-refractivity contribution in [2.24, 2.45) is 11.3 Å². The Morgan fingerprint density at radius 3 is 2.62 bits per heavy atom. The van der Waals surface area contributed by atoms with Crippen LogP contribution in [-0.4, -0.2) is 51.4 Å². The molecule has 0 bridgehead atoms. The maximum Gasteiger partial charge on any atom is 0.395 e. The summed E-state index contributed by atoms with van der Waals surface area (Å²) in [5, 5.41) is 0.904. The van der Waals surface area contributed by atoms with E-state index in [1.807, 2.05) is 23.1 Å². The summed E-state index contributed by atoms with van der Waals surface area (Å²) in [5.74, 6) is -0.0201. The number of alkyl halides is 3. The second-order valence-corrected chi connectivity index (χ2v) is 9.79. The molecule has 168 valence electrons. The van der Waals surface area contributed by atoms with Gasteiger partial charge in [-0.15, -0.1) is 11.3 Å². The van der Waals surface area contributed by atoms with E-state index in [2.05, 4.69) is 15.0 Å². The van der Waals surface area contributed by atoms with Gasteiger partial charge in [0.05, 0.1) is 27.0 Å². The molecule has 5 rings (SSSR count). The first-order valence-corrected chi connectivity index (χ1v) is 11.7. The third-order valence-electron chi connectivity index (χ3n) is 6.69. The predicted molar refractivity (Wildman–Crippen MR) is 116 cm³/mol. The van der Waals surface area contributed by atoms with E-state index in [1.54, 1.807) is 17.9 Å². The van der Waals surface area contributed by atoms with Gasteiger partial charge in [0.1, 0.15) is 5.78 Å². The van der Waals surface area contributed by atoms with Crippen molar-refractivity contribution in [2.45, 2.75) is 38.3 Å². The highest BCUT2D eigenvalue weighted by Gasteiger charge is 2.63. The number of Topliss-reactive ketones (excluding diaryl/α,β-unsaturated/α-hetero) is 1. The van der Waals surface area contributed by atoms with Crippen LogP contribution in [0, 0.1) is 11.3 Å². The summed E-state index contributed by atoms with van der Waals surface area (Å²) in [6.07, 6.45) is 1.26. The summed E-state index contributed by atoms with van der Waals surface area (Å²) >= 11 is 1.52. The Balaban J connectivity index is 1.21. The highest BCUT2D eigenvalue weighted by molar-refractivity contribution is 7.13. The first-order valence-electron chi connectivity index (χ1n) is 10.8. The Bertz CT molecular complexity index is 1120. The van der Waals surface area contributed by atoms with Crippen LogP contribution in [0.15, 0.2) is 36.1 Å². The number of carbonyl (C=O) groups excluding carboxylic acids is 1. The fraction of sp³-hybridized carbons (Fsp3) is 0.478. The normalized spacial score (nSPS) is 19.3. The number of ketones is 1. The predicted octanol–water partition coefficient (Wildman–Crippen LogP) is 4.92. The Morgan fingerprint density at radius 1 is 1.19 bits per heavy atom. The number of thiazole rings is 1. The Morgan fingerprint density at radius 2 is 1.97 bits per heavy atom. The van der Waals surface area contributed by atoms with E-state index in [1.165, 1.54) is 11.3 Å². The minimum atomic E-state index is -4.13. The minimum absolute atomic E-state index is 0.0669. The standard InChI is InChI=1S/C23H23F3N4OS/c24-23(25,26)22(5-6-22)13-30-7-3-15(4-8-30)20(31)10-17-9-19-16(11-28-17)1-2-18(29-19)21-12-27-14-32-21/h1-2,9,11-12,14-15H,3-8,10,13H2. The van der Waals surface area contributed by atoms with Crippen molar-refractivity contribution >= 4 is 28.0 Å². The molecule has 0 amide bonds. The molecular weight excluding hydrogens is 437 g/mol. The maximum absolute atomic E-state index is 13.2. The van der Waals surface area contributed by atoms with Crippen LogP contribution in [0.2, 0.25) is 0 Å². The van der Waals surface area contributed by atoms with Gasteiger partial charge in [0, 0.05) is 42.4 Å². The number of aromatic nitrogens is 3. The number of hydrogen-bond donors (Lipinski definition) is 0. The fourth-order valence-corrected chi connectivity index (χ4v) is 5.07. The van der Waals surface area contributed by atoms with E-state index in [0.29, 0.717) is 31.6 Å². The van der Waals surface area contributed by atoms with Gasteiger partial charge in [0.25, 0.3) is 0 Å². The van der Waals surface area contributed by atoms with E-state index >= 15 is 0 Å². The average molecular weight is 461 g/mol.